The molecule has 0 unspecified atom stereocenters. The molecule has 4 fully saturated rings. The highest BCUT2D eigenvalue weighted by molar-refractivity contribution is 5.94. The molecule has 0 atom stereocenters. The van der Waals surface area contributed by atoms with Crippen LogP contribution in [-0.4, -0.2) is 0 Å². The van der Waals surface area contributed by atoms with Crippen molar-refractivity contribution in [2.45, 2.75) is 37.5 Å². The molecule has 9 aromatic rings. The summed E-state index contributed by atoms with van der Waals surface area (Å²) in [5, 5.41) is 0. The molecular weight excluding hydrogens is 783 g/mol. The fraction of sp³-hybridized carbons (Fsp3) is 0.156. The summed E-state index contributed by atoms with van der Waals surface area (Å²) in [6.07, 6.45) is 6.97. The molecule has 0 aromatic heterocycles. The first-order valence-electron chi connectivity index (χ1n) is 23.8. The van der Waals surface area contributed by atoms with Crippen molar-refractivity contribution in [3.63, 3.8) is 0 Å². The van der Waals surface area contributed by atoms with E-state index in [0.717, 1.165) is 28.9 Å². The Kier molecular flexibility index (Phi) is 9.12. The van der Waals surface area contributed by atoms with Gasteiger partial charge in [-0.05, 0) is 170 Å². The molecule has 0 amide bonds. The van der Waals surface area contributed by atoms with Crippen LogP contribution in [0.1, 0.15) is 43.2 Å². The van der Waals surface area contributed by atoms with Crippen molar-refractivity contribution >= 4 is 17.1 Å². The Morgan fingerprint density at radius 1 is 0.292 bits per heavy atom. The third-order valence-corrected chi connectivity index (χ3v) is 15.9. The predicted molar refractivity (Wildman–Crippen MR) is 272 cm³/mol. The lowest BCUT2D eigenvalue weighted by Gasteiger charge is -2.61. The van der Waals surface area contributed by atoms with E-state index in [1.165, 1.54) is 98.9 Å². The van der Waals surface area contributed by atoms with Gasteiger partial charge in [-0.25, -0.2) is 0 Å². The maximum atomic E-state index is 2.51. The molecule has 0 aliphatic heterocycles. The minimum atomic E-state index is 0.0870. The van der Waals surface area contributed by atoms with Crippen molar-refractivity contribution in [1.29, 1.82) is 0 Å². The van der Waals surface area contributed by atoms with Crippen LogP contribution in [0.4, 0.5) is 17.1 Å². The summed E-state index contributed by atoms with van der Waals surface area (Å²) in [5.74, 6) is 3.22. The largest absolute Gasteiger partial charge is 0.310 e. The molecule has 5 aliphatic rings. The number of anilines is 3. The van der Waals surface area contributed by atoms with Crippen LogP contribution in [0.2, 0.25) is 0 Å². The lowest BCUT2D eigenvalue weighted by Crippen LogP contribution is -2.55. The highest BCUT2D eigenvalue weighted by Crippen LogP contribution is 2.70. The number of benzene rings is 9. The van der Waals surface area contributed by atoms with Crippen molar-refractivity contribution in [2.75, 3.05) is 4.90 Å². The molecular formula is C64H51N. The number of fused-ring (bicyclic) bond motifs is 3. The number of hydrogen-bond acceptors (Lipinski definition) is 1. The second-order valence-corrected chi connectivity index (χ2v) is 19.3. The first kappa shape index (κ1) is 38.3. The van der Waals surface area contributed by atoms with Gasteiger partial charge in [0.25, 0.3) is 0 Å². The smallest absolute Gasteiger partial charge is 0.0467 e. The molecule has 1 spiro atoms. The molecule has 14 rings (SSSR count). The van der Waals surface area contributed by atoms with Gasteiger partial charge >= 0.3 is 0 Å². The van der Waals surface area contributed by atoms with Crippen LogP contribution in [-0.2, 0) is 5.41 Å². The molecule has 1 nitrogen and oxygen atoms in total. The fourth-order valence-corrected chi connectivity index (χ4v) is 13.4. The first-order valence-corrected chi connectivity index (χ1v) is 23.8. The van der Waals surface area contributed by atoms with Crippen molar-refractivity contribution in [2.24, 2.45) is 23.7 Å². The van der Waals surface area contributed by atoms with Crippen LogP contribution < -0.4 is 4.90 Å². The highest BCUT2D eigenvalue weighted by Gasteiger charge is 2.62. The van der Waals surface area contributed by atoms with E-state index in [9.17, 15) is 0 Å². The van der Waals surface area contributed by atoms with Crippen molar-refractivity contribution in [3.05, 3.63) is 236 Å². The van der Waals surface area contributed by atoms with Gasteiger partial charge in [0.1, 0.15) is 0 Å². The van der Waals surface area contributed by atoms with Crippen LogP contribution in [0, 0.1) is 23.7 Å². The summed E-state index contributed by atoms with van der Waals surface area (Å²) in [4.78, 5) is 2.42. The van der Waals surface area contributed by atoms with Crippen molar-refractivity contribution in [3.8, 4) is 66.8 Å². The third-order valence-electron chi connectivity index (χ3n) is 15.9. The maximum absolute atomic E-state index is 2.51. The molecule has 0 radical (unpaired) electrons. The minimum absolute atomic E-state index is 0.0870. The minimum Gasteiger partial charge on any atom is -0.310 e. The molecule has 4 saturated carbocycles. The van der Waals surface area contributed by atoms with Gasteiger partial charge in [0.15, 0.2) is 0 Å². The topological polar surface area (TPSA) is 3.24 Å². The van der Waals surface area contributed by atoms with E-state index in [4.69, 9.17) is 0 Å². The molecule has 1 heteroatoms. The van der Waals surface area contributed by atoms with E-state index >= 15 is 0 Å². The Balaban J connectivity index is 0.911. The monoisotopic (exact) mass is 833 g/mol. The van der Waals surface area contributed by atoms with Crippen LogP contribution in [0.3, 0.4) is 0 Å². The van der Waals surface area contributed by atoms with E-state index in [1.807, 2.05) is 0 Å². The van der Waals surface area contributed by atoms with Crippen molar-refractivity contribution < 1.29 is 0 Å². The van der Waals surface area contributed by atoms with Crippen molar-refractivity contribution in [1.82, 2.24) is 0 Å². The van der Waals surface area contributed by atoms with E-state index in [0.29, 0.717) is 11.8 Å². The molecule has 5 aliphatic carbocycles. The number of nitrogens with zero attached hydrogens (tertiary/aromatic N) is 1. The molecule has 0 N–H and O–H groups in total. The lowest BCUT2D eigenvalue weighted by molar-refractivity contribution is -0.0397. The van der Waals surface area contributed by atoms with Gasteiger partial charge in [0, 0.05) is 22.5 Å². The molecule has 4 bridgehead atoms. The Bertz CT molecular complexity index is 3150. The summed E-state index contributed by atoms with van der Waals surface area (Å²) in [5.41, 5.74) is 22.2. The summed E-state index contributed by atoms with van der Waals surface area (Å²) >= 11 is 0. The average molecular weight is 834 g/mol. The zero-order chi connectivity index (χ0) is 42.9. The van der Waals surface area contributed by atoms with Gasteiger partial charge in [0.05, 0.1) is 0 Å². The third kappa shape index (κ3) is 6.28. The summed E-state index contributed by atoms with van der Waals surface area (Å²) in [6, 6.07) is 83.6. The standard InChI is InChI=1S/C64H51N/c1-3-13-45(14-4-1)47-25-27-48(28-26-47)50-31-35-55(36-32-50)65(54-33-29-49(30-34-54)46-15-5-2-6-16-46)56-18-11-17-51(42-56)57-19-7-8-20-58(57)60-22-12-23-61-59-21-9-10-24-62(59)64(63(60)61)52-38-43-37-44(40-52)41-53(64)39-43/h1-36,42-44,52-53H,37-41H2. The summed E-state index contributed by atoms with van der Waals surface area (Å²) < 4.78 is 0. The van der Waals surface area contributed by atoms with Gasteiger partial charge < -0.3 is 4.90 Å². The molecule has 9 aromatic carbocycles. The quantitative estimate of drug-likeness (QED) is 0.147. The van der Waals surface area contributed by atoms with Crippen LogP contribution >= 0.6 is 0 Å². The second kappa shape index (κ2) is 15.5. The SMILES string of the molecule is c1ccc(-c2ccc(-c3ccc(N(c4ccc(-c5ccccc5)cc4)c4cccc(-c5ccccc5-c5cccc6c5C5(c7ccccc7-6)C6CC7CC(C6)CC5C7)c4)cc3)cc2)cc1. The Morgan fingerprint density at radius 3 is 1.25 bits per heavy atom. The highest BCUT2D eigenvalue weighted by atomic mass is 15.1. The van der Waals surface area contributed by atoms with Gasteiger partial charge in [-0.3, -0.25) is 0 Å². The lowest BCUT2D eigenvalue weighted by atomic mass is 9.42. The van der Waals surface area contributed by atoms with Gasteiger partial charge in [-0.1, -0.05) is 188 Å². The normalized spacial score (nSPS) is 21.0. The van der Waals surface area contributed by atoms with Crippen LogP contribution in [0.25, 0.3) is 66.8 Å². The summed E-state index contributed by atoms with van der Waals surface area (Å²) in [6.45, 7) is 0. The van der Waals surface area contributed by atoms with Crippen LogP contribution in [0.15, 0.2) is 224 Å². The summed E-state index contributed by atoms with van der Waals surface area (Å²) in [7, 11) is 0. The van der Waals surface area contributed by atoms with Gasteiger partial charge in [0.2, 0.25) is 0 Å². The van der Waals surface area contributed by atoms with E-state index in [-0.39, 0.29) is 5.41 Å². The average Bonchev–Trinajstić information content (AvgIpc) is 3.67. The van der Waals surface area contributed by atoms with E-state index < -0.39 is 0 Å². The van der Waals surface area contributed by atoms with Crippen LogP contribution in [0.5, 0.6) is 0 Å². The zero-order valence-corrected chi connectivity index (χ0v) is 36.7. The maximum Gasteiger partial charge on any atom is 0.0467 e. The van der Waals surface area contributed by atoms with Gasteiger partial charge in [-0.2, -0.15) is 0 Å². The molecule has 65 heavy (non-hydrogen) atoms. The second-order valence-electron chi connectivity index (χ2n) is 19.3. The molecule has 312 valence electrons. The number of rotatable bonds is 8. The van der Waals surface area contributed by atoms with Gasteiger partial charge in [-0.15, -0.1) is 0 Å². The Labute approximate surface area is 383 Å². The zero-order valence-electron chi connectivity index (χ0n) is 36.7. The van der Waals surface area contributed by atoms with E-state index in [2.05, 4.69) is 229 Å². The fourth-order valence-electron chi connectivity index (χ4n) is 13.4. The van der Waals surface area contributed by atoms with E-state index in [1.54, 1.807) is 11.1 Å². The molecule has 0 saturated heterocycles. The predicted octanol–water partition coefficient (Wildman–Crippen LogP) is 17.2. The Hall–Kier alpha value is -7.22. The molecule has 0 heterocycles. The number of hydrogen-bond donors (Lipinski definition) is 0. The first-order chi connectivity index (χ1) is 32.2. The Morgan fingerprint density at radius 2 is 0.692 bits per heavy atom.